The Hall–Kier alpha value is -1.82. The predicted octanol–water partition coefficient (Wildman–Crippen LogP) is 4.37. The van der Waals surface area contributed by atoms with Crippen molar-refractivity contribution in [3.05, 3.63) is 71.3 Å². The van der Waals surface area contributed by atoms with Gasteiger partial charge in [-0.1, -0.05) is 54.6 Å². The highest BCUT2D eigenvalue weighted by Gasteiger charge is 2.14. The molecule has 0 heteroatoms. The lowest BCUT2D eigenvalue weighted by Gasteiger charge is -2.08. The first-order valence-corrected chi connectivity index (χ1v) is 5.69. The van der Waals surface area contributed by atoms with Crippen molar-refractivity contribution >= 4 is 11.1 Å². The molecular formula is C16H14. The fourth-order valence-corrected chi connectivity index (χ4v) is 2.44. The molecule has 0 nitrogen and oxygen atoms in total. The molecule has 0 aliphatic heterocycles. The second-order valence-corrected chi connectivity index (χ2v) is 4.37. The third-order valence-corrected chi connectivity index (χ3v) is 3.21. The number of allylic oxidation sites excluding steroid dienone is 8. The predicted molar refractivity (Wildman–Crippen MR) is 69.9 cm³/mol. The Morgan fingerprint density at radius 1 is 0.938 bits per heavy atom. The normalized spacial score (nSPS) is 17.7. The smallest absolute Gasteiger partial charge is 0.00195 e. The van der Waals surface area contributed by atoms with Gasteiger partial charge in [0, 0.05) is 0 Å². The highest BCUT2D eigenvalue weighted by Crippen LogP contribution is 2.35. The average molecular weight is 206 g/mol. The van der Waals surface area contributed by atoms with Crippen LogP contribution in [0, 0.1) is 0 Å². The van der Waals surface area contributed by atoms with Gasteiger partial charge in [-0.05, 0) is 41.2 Å². The van der Waals surface area contributed by atoms with E-state index in [0.717, 1.165) is 6.42 Å². The van der Waals surface area contributed by atoms with E-state index >= 15 is 0 Å². The molecule has 0 heterocycles. The molecule has 1 aromatic carbocycles. The summed E-state index contributed by atoms with van der Waals surface area (Å²) in [4.78, 5) is 0. The Bertz CT molecular complexity index is 551. The van der Waals surface area contributed by atoms with E-state index in [1.807, 2.05) is 0 Å². The number of fused-ring (bicyclic) bond motifs is 4. The third kappa shape index (κ3) is 1.47. The molecule has 0 aromatic heterocycles. The summed E-state index contributed by atoms with van der Waals surface area (Å²) < 4.78 is 0. The molecule has 0 radical (unpaired) electrons. The molecule has 16 heavy (non-hydrogen) atoms. The summed E-state index contributed by atoms with van der Waals surface area (Å²) in [5, 5.41) is 0. The molecule has 0 fully saturated rings. The van der Waals surface area contributed by atoms with Gasteiger partial charge in [0.1, 0.15) is 0 Å². The van der Waals surface area contributed by atoms with E-state index in [1.54, 1.807) is 0 Å². The van der Waals surface area contributed by atoms with Gasteiger partial charge in [0.25, 0.3) is 0 Å². The van der Waals surface area contributed by atoms with Crippen LogP contribution in [0.25, 0.3) is 11.1 Å². The van der Waals surface area contributed by atoms with Gasteiger partial charge >= 0.3 is 0 Å². The van der Waals surface area contributed by atoms with Crippen LogP contribution in [0.5, 0.6) is 0 Å². The van der Waals surface area contributed by atoms with E-state index in [4.69, 9.17) is 0 Å². The maximum absolute atomic E-state index is 2.30. The Morgan fingerprint density at radius 2 is 1.69 bits per heavy atom. The van der Waals surface area contributed by atoms with Gasteiger partial charge < -0.3 is 0 Å². The standard InChI is InChI=1S/C16H14/c1-12-10-13-6-2-3-7-14(11-13)16-9-5-4-8-15(12)16/h2-10H,11H2,1H3. The van der Waals surface area contributed by atoms with E-state index in [-0.39, 0.29) is 0 Å². The molecule has 2 aliphatic carbocycles. The van der Waals surface area contributed by atoms with Crippen molar-refractivity contribution in [2.24, 2.45) is 0 Å². The van der Waals surface area contributed by atoms with Gasteiger partial charge in [-0.25, -0.2) is 0 Å². The van der Waals surface area contributed by atoms with Crippen LogP contribution in [0.2, 0.25) is 0 Å². The van der Waals surface area contributed by atoms with Crippen molar-refractivity contribution in [1.82, 2.24) is 0 Å². The number of rotatable bonds is 0. The van der Waals surface area contributed by atoms with Crippen molar-refractivity contribution in [3.63, 3.8) is 0 Å². The molecule has 0 unspecified atom stereocenters. The van der Waals surface area contributed by atoms with Crippen molar-refractivity contribution in [3.8, 4) is 0 Å². The molecule has 2 bridgehead atoms. The maximum atomic E-state index is 2.30. The second-order valence-electron chi connectivity index (χ2n) is 4.37. The lowest BCUT2D eigenvalue weighted by Crippen LogP contribution is -1.88. The van der Waals surface area contributed by atoms with Crippen LogP contribution in [-0.2, 0) is 0 Å². The van der Waals surface area contributed by atoms with Gasteiger partial charge in [-0.15, -0.1) is 0 Å². The number of hydrogen-bond donors (Lipinski definition) is 0. The Morgan fingerprint density at radius 3 is 2.56 bits per heavy atom. The van der Waals surface area contributed by atoms with Crippen LogP contribution in [0.3, 0.4) is 0 Å². The zero-order valence-electron chi connectivity index (χ0n) is 9.40. The fraction of sp³-hybridized carbons (Fsp3) is 0.125. The SMILES string of the molecule is CC1=CC2=CC=CC=C(C2)c2ccccc21. The highest BCUT2D eigenvalue weighted by atomic mass is 14.2. The maximum Gasteiger partial charge on any atom is -0.00195 e. The molecule has 0 saturated carbocycles. The van der Waals surface area contributed by atoms with Crippen molar-refractivity contribution < 1.29 is 0 Å². The largest absolute Gasteiger partial charge is 0.0620 e. The van der Waals surface area contributed by atoms with E-state index in [9.17, 15) is 0 Å². The monoisotopic (exact) mass is 206 g/mol. The summed E-state index contributed by atoms with van der Waals surface area (Å²) in [5.41, 5.74) is 6.93. The summed E-state index contributed by atoms with van der Waals surface area (Å²) in [6.07, 6.45) is 12.0. The Balaban J connectivity index is 2.31. The van der Waals surface area contributed by atoms with Crippen LogP contribution in [0.1, 0.15) is 24.5 Å². The summed E-state index contributed by atoms with van der Waals surface area (Å²) in [6.45, 7) is 2.20. The van der Waals surface area contributed by atoms with Crippen LogP contribution in [0.4, 0.5) is 0 Å². The van der Waals surface area contributed by atoms with E-state index in [2.05, 4.69) is 61.6 Å². The molecule has 0 atom stereocenters. The molecule has 0 saturated heterocycles. The highest BCUT2D eigenvalue weighted by molar-refractivity contribution is 5.85. The quantitative estimate of drug-likeness (QED) is 0.591. The summed E-state index contributed by atoms with van der Waals surface area (Å²) in [7, 11) is 0. The Kier molecular flexibility index (Phi) is 2.14. The minimum absolute atomic E-state index is 1.04. The number of hydrogen-bond acceptors (Lipinski definition) is 0. The van der Waals surface area contributed by atoms with Crippen molar-refractivity contribution in [2.45, 2.75) is 13.3 Å². The molecule has 0 N–H and O–H groups in total. The summed E-state index contributed by atoms with van der Waals surface area (Å²) >= 11 is 0. The molecule has 78 valence electrons. The van der Waals surface area contributed by atoms with Crippen molar-refractivity contribution in [1.29, 1.82) is 0 Å². The average Bonchev–Trinajstić information content (AvgIpc) is 2.61. The summed E-state index contributed by atoms with van der Waals surface area (Å²) in [5.74, 6) is 0. The van der Waals surface area contributed by atoms with Gasteiger partial charge in [-0.3, -0.25) is 0 Å². The zero-order valence-corrected chi connectivity index (χ0v) is 9.40. The first-order chi connectivity index (χ1) is 7.84. The van der Waals surface area contributed by atoms with E-state index in [0.29, 0.717) is 0 Å². The Labute approximate surface area is 96.3 Å². The molecule has 3 rings (SSSR count). The third-order valence-electron chi connectivity index (χ3n) is 3.21. The molecule has 1 aromatic rings. The van der Waals surface area contributed by atoms with E-state index in [1.165, 1.54) is 27.8 Å². The molecule has 0 spiro atoms. The van der Waals surface area contributed by atoms with Gasteiger partial charge in [0.15, 0.2) is 0 Å². The molecular weight excluding hydrogens is 192 g/mol. The minimum atomic E-state index is 1.04. The van der Waals surface area contributed by atoms with Crippen LogP contribution in [0.15, 0.2) is 60.2 Å². The van der Waals surface area contributed by atoms with Crippen LogP contribution < -0.4 is 0 Å². The van der Waals surface area contributed by atoms with Crippen molar-refractivity contribution in [2.75, 3.05) is 0 Å². The molecule has 0 amide bonds. The lowest BCUT2D eigenvalue weighted by atomic mass is 9.96. The fourth-order valence-electron chi connectivity index (χ4n) is 2.44. The number of benzene rings is 1. The van der Waals surface area contributed by atoms with Gasteiger partial charge in [0.05, 0.1) is 0 Å². The first kappa shape index (κ1) is 9.41. The minimum Gasteiger partial charge on any atom is -0.0620 e. The van der Waals surface area contributed by atoms with Gasteiger partial charge in [0.2, 0.25) is 0 Å². The van der Waals surface area contributed by atoms with Gasteiger partial charge in [-0.2, -0.15) is 0 Å². The van der Waals surface area contributed by atoms with E-state index < -0.39 is 0 Å². The van der Waals surface area contributed by atoms with Crippen LogP contribution >= 0.6 is 0 Å². The zero-order chi connectivity index (χ0) is 11.0. The van der Waals surface area contributed by atoms with Crippen LogP contribution in [-0.4, -0.2) is 0 Å². The molecule has 2 aliphatic rings. The first-order valence-electron chi connectivity index (χ1n) is 5.69. The lowest BCUT2D eigenvalue weighted by molar-refractivity contribution is 1.32. The topological polar surface area (TPSA) is 0 Å². The summed E-state index contributed by atoms with van der Waals surface area (Å²) in [6, 6.07) is 8.67. The second kappa shape index (κ2) is 3.64.